The lowest BCUT2D eigenvalue weighted by atomic mass is 10.3. The number of nitrogens with zero attached hydrogens (tertiary/aromatic N) is 2. The van der Waals surface area contributed by atoms with Crippen LogP contribution in [0.5, 0.6) is 0 Å². The molecule has 0 amide bonds. The monoisotopic (exact) mass is 281 g/mol. The van der Waals surface area contributed by atoms with Crippen LogP contribution in [0.15, 0.2) is 42.1 Å². The molecule has 0 aliphatic carbocycles. The number of aliphatic hydroxyl groups is 1. The lowest BCUT2D eigenvalue weighted by molar-refractivity contribution is 0.260. The summed E-state index contributed by atoms with van der Waals surface area (Å²) >= 11 is 0. The molecule has 7 heteroatoms. The molecule has 0 saturated carbocycles. The summed E-state index contributed by atoms with van der Waals surface area (Å²) in [5.74, 6) is 0. The average molecular weight is 281 g/mol. The van der Waals surface area contributed by atoms with Crippen LogP contribution in [0.2, 0.25) is 0 Å². The van der Waals surface area contributed by atoms with E-state index in [1.54, 1.807) is 18.3 Å². The maximum atomic E-state index is 12.5. The maximum absolute atomic E-state index is 12.5. The lowest BCUT2D eigenvalue weighted by Gasteiger charge is -2.18. The predicted molar refractivity (Wildman–Crippen MR) is 72.1 cm³/mol. The number of nitrogens with one attached hydrogen (secondary N) is 1. The molecular formula is C12H15N3O3S. The minimum absolute atomic E-state index is 0.0291. The van der Waals surface area contributed by atoms with Crippen molar-refractivity contribution in [2.75, 3.05) is 19.7 Å². The third-order valence-corrected chi connectivity index (χ3v) is 4.62. The highest BCUT2D eigenvalue weighted by Gasteiger charge is 2.26. The molecule has 0 unspecified atom stereocenters. The van der Waals surface area contributed by atoms with Crippen LogP contribution in [0.4, 0.5) is 0 Å². The van der Waals surface area contributed by atoms with Gasteiger partial charge in [-0.15, -0.1) is 6.58 Å². The van der Waals surface area contributed by atoms with Gasteiger partial charge in [0.15, 0.2) is 0 Å². The van der Waals surface area contributed by atoms with Crippen molar-refractivity contribution in [3.63, 3.8) is 0 Å². The Morgan fingerprint density at radius 3 is 3.00 bits per heavy atom. The number of hydrogen-bond donors (Lipinski definition) is 2. The maximum Gasteiger partial charge on any atom is 0.245 e. The predicted octanol–water partition coefficient (Wildman–Crippen LogP) is 0.732. The molecule has 0 aliphatic heterocycles. The van der Waals surface area contributed by atoms with Gasteiger partial charge in [0.2, 0.25) is 10.0 Å². The van der Waals surface area contributed by atoms with Crippen LogP contribution in [-0.4, -0.2) is 47.5 Å². The Morgan fingerprint density at radius 1 is 1.53 bits per heavy atom. The van der Waals surface area contributed by atoms with Crippen LogP contribution >= 0.6 is 0 Å². The summed E-state index contributed by atoms with van der Waals surface area (Å²) in [6, 6.07) is 3.37. The molecule has 0 radical (unpaired) electrons. The third-order valence-electron chi connectivity index (χ3n) is 2.71. The van der Waals surface area contributed by atoms with Gasteiger partial charge in [-0.05, 0) is 12.1 Å². The highest BCUT2D eigenvalue weighted by atomic mass is 32.2. The Bertz CT molecular complexity index is 678. The van der Waals surface area contributed by atoms with E-state index in [0.717, 1.165) is 0 Å². The summed E-state index contributed by atoms with van der Waals surface area (Å²) in [4.78, 5) is 7.04. The second kappa shape index (κ2) is 5.52. The molecule has 102 valence electrons. The number of aromatic amines is 1. The van der Waals surface area contributed by atoms with Gasteiger partial charge in [0.05, 0.1) is 6.61 Å². The number of pyridine rings is 1. The Balaban J connectivity index is 2.51. The number of aromatic nitrogens is 2. The summed E-state index contributed by atoms with van der Waals surface area (Å²) in [6.07, 6.45) is 4.49. The summed E-state index contributed by atoms with van der Waals surface area (Å²) in [6.45, 7) is 3.47. The van der Waals surface area contributed by atoms with Crippen molar-refractivity contribution in [3.05, 3.63) is 37.2 Å². The topological polar surface area (TPSA) is 86.3 Å². The Hall–Kier alpha value is -1.70. The minimum Gasteiger partial charge on any atom is -0.395 e. The van der Waals surface area contributed by atoms with Crippen molar-refractivity contribution in [1.29, 1.82) is 0 Å². The number of H-pyrrole nitrogens is 1. The molecule has 2 aromatic rings. The first kappa shape index (κ1) is 13.7. The van der Waals surface area contributed by atoms with Gasteiger partial charge in [0.25, 0.3) is 0 Å². The van der Waals surface area contributed by atoms with Gasteiger partial charge < -0.3 is 10.1 Å². The van der Waals surface area contributed by atoms with E-state index >= 15 is 0 Å². The molecule has 0 fully saturated rings. The molecule has 0 spiro atoms. The molecule has 6 nitrogen and oxygen atoms in total. The SMILES string of the molecule is C=CCN(CCO)S(=O)(=O)c1c[nH]c2ncccc12. The largest absolute Gasteiger partial charge is 0.395 e. The first-order valence-corrected chi connectivity index (χ1v) is 7.19. The number of sulfonamides is 1. The zero-order valence-corrected chi connectivity index (χ0v) is 11.1. The lowest BCUT2D eigenvalue weighted by Crippen LogP contribution is -2.33. The van der Waals surface area contributed by atoms with Crippen molar-refractivity contribution in [1.82, 2.24) is 14.3 Å². The molecule has 2 rings (SSSR count). The van der Waals surface area contributed by atoms with Gasteiger partial charge in [-0.25, -0.2) is 13.4 Å². The fourth-order valence-corrected chi connectivity index (χ4v) is 3.40. The van der Waals surface area contributed by atoms with Crippen molar-refractivity contribution in [3.8, 4) is 0 Å². The van der Waals surface area contributed by atoms with Gasteiger partial charge in [0, 0.05) is 30.9 Å². The van der Waals surface area contributed by atoms with E-state index in [4.69, 9.17) is 5.11 Å². The molecule has 0 bridgehead atoms. The third kappa shape index (κ3) is 2.53. The van der Waals surface area contributed by atoms with Crippen molar-refractivity contribution in [2.24, 2.45) is 0 Å². The summed E-state index contributed by atoms with van der Waals surface area (Å²) in [5.41, 5.74) is 0.517. The molecule has 2 heterocycles. The second-order valence-corrected chi connectivity index (χ2v) is 5.83. The van der Waals surface area contributed by atoms with Crippen molar-refractivity contribution in [2.45, 2.75) is 4.90 Å². The van der Waals surface area contributed by atoms with Crippen LogP contribution in [-0.2, 0) is 10.0 Å². The molecule has 19 heavy (non-hydrogen) atoms. The molecule has 2 aromatic heterocycles. The van der Waals surface area contributed by atoms with Crippen molar-refractivity contribution >= 4 is 21.1 Å². The molecule has 0 aromatic carbocycles. The Morgan fingerprint density at radius 2 is 2.32 bits per heavy atom. The second-order valence-electron chi connectivity index (χ2n) is 3.93. The molecule has 2 N–H and O–H groups in total. The van der Waals surface area contributed by atoms with E-state index in [-0.39, 0.29) is 24.6 Å². The molecule has 0 saturated heterocycles. The van der Waals surface area contributed by atoms with E-state index in [1.165, 1.54) is 16.6 Å². The van der Waals surface area contributed by atoms with Crippen LogP contribution in [0, 0.1) is 0 Å². The van der Waals surface area contributed by atoms with Gasteiger partial charge in [-0.3, -0.25) is 0 Å². The zero-order chi connectivity index (χ0) is 13.9. The molecule has 0 atom stereocenters. The number of aliphatic hydroxyl groups excluding tert-OH is 1. The van der Waals surface area contributed by atoms with Crippen LogP contribution in [0.25, 0.3) is 11.0 Å². The normalized spacial score (nSPS) is 12.1. The highest BCUT2D eigenvalue weighted by Crippen LogP contribution is 2.24. The van der Waals surface area contributed by atoms with E-state index in [1.807, 2.05) is 0 Å². The number of hydrogen-bond acceptors (Lipinski definition) is 4. The van der Waals surface area contributed by atoms with Gasteiger partial charge in [0.1, 0.15) is 10.5 Å². The Labute approximate surface area is 111 Å². The van der Waals surface area contributed by atoms with Gasteiger partial charge >= 0.3 is 0 Å². The quantitative estimate of drug-likeness (QED) is 0.764. The van der Waals surface area contributed by atoms with E-state index in [9.17, 15) is 8.42 Å². The van der Waals surface area contributed by atoms with Crippen molar-refractivity contribution < 1.29 is 13.5 Å². The smallest absolute Gasteiger partial charge is 0.245 e. The summed E-state index contributed by atoms with van der Waals surface area (Å²) in [7, 11) is -3.68. The fourth-order valence-electron chi connectivity index (χ4n) is 1.85. The summed E-state index contributed by atoms with van der Waals surface area (Å²) < 4.78 is 26.2. The van der Waals surface area contributed by atoms with Crippen LogP contribution < -0.4 is 0 Å². The zero-order valence-electron chi connectivity index (χ0n) is 10.3. The standard InChI is InChI=1S/C12H15N3O3S/c1-2-6-15(7-8-16)19(17,18)11-9-14-12-10(11)4-3-5-13-12/h2-5,9,16H,1,6-8H2,(H,13,14). The van der Waals surface area contributed by atoms with Gasteiger partial charge in [-0.2, -0.15) is 4.31 Å². The van der Waals surface area contributed by atoms with E-state index < -0.39 is 10.0 Å². The first-order chi connectivity index (χ1) is 9.11. The fraction of sp³-hybridized carbons (Fsp3) is 0.250. The van der Waals surface area contributed by atoms with Crippen LogP contribution in [0.1, 0.15) is 0 Å². The average Bonchev–Trinajstić information content (AvgIpc) is 2.83. The Kier molecular flexibility index (Phi) is 3.98. The summed E-state index contributed by atoms with van der Waals surface area (Å²) in [5, 5.41) is 9.51. The molecular weight excluding hydrogens is 266 g/mol. The highest BCUT2D eigenvalue weighted by molar-refractivity contribution is 7.89. The van der Waals surface area contributed by atoms with Crippen LogP contribution in [0.3, 0.4) is 0 Å². The number of rotatable bonds is 6. The van der Waals surface area contributed by atoms with Gasteiger partial charge in [-0.1, -0.05) is 6.08 Å². The number of fused-ring (bicyclic) bond motifs is 1. The minimum atomic E-state index is -3.68. The molecule has 0 aliphatic rings. The van der Waals surface area contributed by atoms with E-state index in [2.05, 4.69) is 16.5 Å². The first-order valence-electron chi connectivity index (χ1n) is 5.75. The van der Waals surface area contributed by atoms with E-state index in [0.29, 0.717) is 11.0 Å².